The van der Waals surface area contributed by atoms with E-state index in [9.17, 15) is 4.79 Å². The summed E-state index contributed by atoms with van der Waals surface area (Å²) in [7, 11) is -0.535. The fraction of sp³-hybridized carbons (Fsp3) is 0.500. The standard InChI is InChI=1S/C18H24BCl2NO3/c1-12(23)22-11-15(19-24-17(2,3)18(4,5)25-19)9-13-6-7-16(21)14(8-13)10-20/h6-9H,10-11H2,1-5H3,(H,22,23). The van der Waals surface area contributed by atoms with Gasteiger partial charge in [-0.15, -0.1) is 11.6 Å². The van der Waals surface area contributed by atoms with Crippen molar-refractivity contribution in [2.75, 3.05) is 6.54 Å². The SMILES string of the molecule is CC(=O)NCC(=Cc1ccc(Cl)c(CCl)c1)B1OC(C)(C)C(C)(C)O1. The highest BCUT2D eigenvalue weighted by molar-refractivity contribution is 6.56. The third-order valence-electron chi connectivity index (χ3n) is 4.66. The molecule has 0 radical (unpaired) electrons. The van der Waals surface area contributed by atoms with Gasteiger partial charge in [0.25, 0.3) is 0 Å². The summed E-state index contributed by atoms with van der Waals surface area (Å²) >= 11 is 12.1. The molecule has 0 bridgehead atoms. The van der Waals surface area contributed by atoms with Gasteiger partial charge in [0.15, 0.2) is 0 Å². The van der Waals surface area contributed by atoms with Crippen LogP contribution in [0.15, 0.2) is 23.7 Å². The molecule has 1 aromatic rings. The maximum absolute atomic E-state index is 11.4. The summed E-state index contributed by atoms with van der Waals surface area (Å²) in [5.74, 6) is 0.220. The van der Waals surface area contributed by atoms with Crippen LogP contribution in [0.3, 0.4) is 0 Å². The molecule has 1 N–H and O–H groups in total. The van der Waals surface area contributed by atoms with Crippen molar-refractivity contribution in [3.05, 3.63) is 39.8 Å². The quantitative estimate of drug-likeness (QED) is 0.611. The van der Waals surface area contributed by atoms with Crippen LogP contribution < -0.4 is 5.32 Å². The zero-order valence-electron chi connectivity index (χ0n) is 15.3. The average molecular weight is 384 g/mol. The van der Waals surface area contributed by atoms with Gasteiger partial charge in [-0.1, -0.05) is 23.7 Å². The molecule has 0 unspecified atom stereocenters. The van der Waals surface area contributed by atoms with Gasteiger partial charge in [0.05, 0.1) is 11.2 Å². The molecule has 1 saturated heterocycles. The first-order valence-corrected chi connectivity index (χ1v) is 9.12. The van der Waals surface area contributed by atoms with Gasteiger partial charge in [-0.05, 0) is 56.4 Å². The average Bonchev–Trinajstić information content (AvgIpc) is 2.73. The predicted molar refractivity (Wildman–Crippen MR) is 104 cm³/mol. The number of benzene rings is 1. The van der Waals surface area contributed by atoms with Gasteiger partial charge in [0.2, 0.25) is 5.91 Å². The van der Waals surface area contributed by atoms with E-state index in [1.54, 1.807) is 0 Å². The van der Waals surface area contributed by atoms with Crippen LogP contribution in [0.4, 0.5) is 0 Å². The number of alkyl halides is 1. The summed E-state index contributed by atoms with van der Waals surface area (Å²) in [6, 6.07) is 5.64. The zero-order chi connectivity index (χ0) is 18.8. The molecule has 0 aliphatic carbocycles. The van der Waals surface area contributed by atoms with E-state index in [0.717, 1.165) is 16.6 Å². The summed E-state index contributed by atoms with van der Waals surface area (Å²) in [6.07, 6.45) is 1.95. The number of carbonyl (C=O) groups excluding carboxylic acids is 1. The van der Waals surface area contributed by atoms with E-state index in [1.165, 1.54) is 6.92 Å². The molecule has 1 amide bonds. The van der Waals surface area contributed by atoms with Gasteiger partial charge in [-0.2, -0.15) is 0 Å². The second-order valence-electron chi connectivity index (χ2n) is 7.20. The molecule has 1 heterocycles. The number of amides is 1. The smallest absolute Gasteiger partial charge is 0.400 e. The largest absolute Gasteiger partial charge is 0.492 e. The molecular weight excluding hydrogens is 360 g/mol. The highest BCUT2D eigenvalue weighted by atomic mass is 35.5. The Labute approximate surface area is 160 Å². The van der Waals surface area contributed by atoms with Crippen molar-refractivity contribution < 1.29 is 14.1 Å². The summed E-state index contributed by atoms with van der Waals surface area (Å²) in [5, 5.41) is 3.45. The van der Waals surface area contributed by atoms with Crippen molar-refractivity contribution in [1.29, 1.82) is 0 Å². The van der Waals surface area contributed by atoms with Crippen molar-refractivity contribution in [3.63, 3.8) is 0 Å². The Morgan fingerprint density at radius 3 is 2.36 bits per heavy atom. The molecule has 136 valence electrons. The first-order chi connectivity index (χ1) is 11.6. The van der Waals surface area contributed by atoms with Gasteiger partial charge < -0.3 is 14.6 Å². The van der Waals surface area contributed by atoms with E-state index in [0.29, 0.717) is 17.4 Å². The Bertz CT molecular complexity index is 673. The molecule has 2 rings (SSSR count). The van der Waals surface area contributed by atoms with Crippen LogP contribution in [0.1, 0.15) is 45.7 Å². The fourth-order valence-electron chi connectivity index (χ4n) is 2.42. The van der Waals surface area contributed by atoms with Gasteiger partial charge in [0.1, 0.15) is 0 Å². The van der Waals surface area contributed by atoms with Gasteiger partial charge in [-0.3, -0.25) is 4.79 Å². The number of hydrogen-bond donors (Lipinski definition) is 1. The monoisotopic (exact) mass is 383 g/mol. The highest BCUT2D eigenvalue weighted by Gasteiger charge is 2.52. The number of hydrogen-bond acceptors (Lipinski definition) is 3. The zero-order valence-corrected chi connectivity index (χ0v) is 16.8. The fourth-order valence-corrected chi connectivity index (χ4v) is 2.90. The Morgan fingerprint density at radius 1 is 1.24 bits per heavy atom. The molecule has 1 aromatic carbocycles. The molecule has 4 nitrogen and oxygen atoms in total. The third-order valence-corrected chi connectivity index (χ3v) is 5.32. The van der Waals surface area contributed by atoms with Crippen LogP contribution in [-0.2, 0) is 20.0 Å². The van der Waals surface area contributed by atoms with E-state index >= 15 is 0 Å². The lowest BCUT2D eigenvalue weighted by atomic mass is 9.77. The van der Waals surface area contributed by atoms with E-state index in [2.05, 4.69) is 5.32 Å². The Hall–Kier alpha value is -1.01. The van der Waals surface area contributed by atoms with E-state index in [-0.39, 0.29) is 5.91 Å². The minimum atomic E-state index is -0.535. The molecule has 0 aromatic heterocycles. The van der Waals surface area contributed by atoms with E-state index < -0.39 is 18.3 Å². The van der Waals surface area contributed by atoms with Crippen LogP contribution >= 0.6 is 23.2 Å². The van der Waals surface area contributed by atoms with Gasteiger partial charge in [0, 0.05) is 24.4 Å². The Morgan fingerprint density at radius 2 is 1.84 bits per heavy atom. The molecule has 0 saturated carbocycles. The van der Waals surface area contributed by atoms with Crippen molar-refractivity contribution >= 4 is 42.3 Å². The lowest BCUT2D eigenvalue weighted by Gasteiger charge is -2.32. The van der Waals surface area contributed by atoms with Crippen LogP contribution in [0.25, 0.3) is 6.08 Å². The summed E-state index contributed by atoms with van der Waals surface area (Å²) < 4.78 is 12.2. The second-order valence-corrected chi connectivity index (χ2v) is 7.88. The first kappa shape index (κ1) is 20.3. The minimum absolute atomic E-state index is 0.111. The summed E-state index contributed by atoms with van der Waals surface area (Å²) in [6.45, 7) is 9.81. The van der Waals surface area contributed by atoms with Crippen molar-refractivity contribution in [2.45, 2.75) is 51.7 Å². The highest BCUT2D eigenvalue weighted by Crippen LogP contribution is 2.38. The van der Waals surface area contributed by atoms with Gasteiger partial charge >= 0.3 is 7.12 Å². The van der Waals surface area contributed by atoms with Crippen molar-refractivity contribution in [2.24, 2.45) is 0 Å². The summed E-state index contributed by atoms with van der Waals surface area (Å²) in [4.78, 5) is 11.4. The van der Waals surface area contributed by atoms with Gasteiger partial charge in [-0.25, -0.2) is 0 Å². The maximum atomic E-state index is 11.4. The number of carbonyl (C=O) groups is 1. The van der Waals surface area contributed by atoms with Crippen LogP contribution in [-0.4, -0.2) is 30.8 Å². The third kappa shape index (κ3) is 4.79. The lowest BCUT2D eigenvalue weighted by Crippen LogP contribution is -2.41. The van der Waals surface area contributed by atoms with Crippen LogP contribution in [0.2, 0.25) is 5.02 Å². The minimum Gasteiger partial charge on any atom is -0.400 e. The first-order valence-electron chi connectivity index (χ1n) is 8.20. The number of halogens is 2. The predicted octanol–water partition coefficient (Wildman–Crippen LogP) is 4.23. The topological polar surface area (TPSA) is 47.6 Å². The Kier molecular flexibility index (Phi) is 6.26. The Balaban J connectivity index is 2.35. The lowest BCUT2D eigenvalue weighted by molar-refractivity contribution is -0.118. The van der Waals surface area contributed by atoms with Crippen molar-refractivity contribution in [1.82, 2.24) is 5.32 Å². The molecule has 1 aliphatic rings. The van der Waals surface area contributed by atoms with Crippen LogP contribution in [0, 0.1) is 0 Å². The second kappa shape index (κ2) is 7.71. The molecule has 0 atom stereocenters. The number of rotatable bonds is 5. The molecular formula is C18H24BCl2NO3. The normalized spacial score (nSPS) is 19.2. The molecule has 1 fully saturated rings. The van der Waals surface area contributed by atoms with Crippen molar-refractivity contribution in [3.8, 4) is 0 Å². The van der Waals surface area contributed by atoms with Crippen LogP contribution in [0.5, 0.6) is 0 Å². The van der Waals surface area contributed by atoms with E-state index in [4.69, 9.17) is 32.5 Å². The number of nitrogens with one attached hydrogen (secondary N) is 1. The van der Waals surface area contributed by atoms with E-state index in [1.807, 2.05) is 52.0 Å². The molecule has 0 spiro atoms. The molecule has 1 aliphatic heterocycles. The maximum Gasteiger partial charge on any atom is 0.492 e. The molecule has 25 heavy (non-hydrogen) atoms. The summed E-state index contributed by atoms with van der Waals surface area (Å²) in [5.41, 5.74) is 1.71. The molecule has 7 heteroatoms.